The van der Waals surface area contributed by atoms with Crippen LogP contribution in [0, 0.1) is 5.92 Å². The van der Waals surface area contributed by atoms with Gasteiger partial charge >= 0.3 is 0 Å². The van der Waals surface area contributed by atoms with Crippen LogP contribution in [0.25, 0.3) is 0 Å². The molecule has 0 aromatic heterocycles. The van der Waals surface area contributed by atoms with Crippen molar-refractivity contribution < 1.29 is 4.74 Å². The van der Waals surface area contributed by atoms with E-state index in [9.17, 15) is 0 Å². The molecule has 0 N–H and O–H groups in total. The van der Waals surface area contributed by atoms with Crippen molar-refractivity contribution >= 4 is 23.4 Å². The van der Waals surface area contributed by atoms with E-state index in [1.54, 1.807) is 0 Å². The highest BCUT2D eigenvalue weighted by Crippen LogP contribution is 2.19. The molecule has 0 radical (unpaired) electrons. The molecule has 11 heavy (non-hydrogen) atoms. The molecule has 0 aromatic rings. The van der Waals surface area contributed by atoms with E-state index in [0.29, 0.717) is 0 Å². The Morgan fingerprint density at radius 3 is 2.73 bits per heavy atom. The summed E-state index contributed by atoms with van der Waals surface area (Å²) in [5.74, 6) is 4.04. The van der Waals surface area contributed by atoms with Gasteiger partial charge in [0.25, 0.3) is 0 Å². The highest BCUT2D eigenvalue weighted by atomic mass is 35.5. The molecule has 1 fully saturated rings. The van der Waals surface area contributed by atoms with Gasteiger partial charge in [-0.15, -0.1) is 11.6 Å². The summed E-state index contributed by atoms with van der Waals surface area (Å²) < 4.78 is 5.27. The molecule has 1 rings (SSSR count). The topological polar surface area (TPSA) is 9.23 Å². The number of thioether (sulfide) groups is 1. The van der Waals surface area contributed by atoms with Gasteiger partial charge in [0.1, 0.15) is 0 Å². The second kappa shape index (κ2) is 6.15. The van der Waals surface area contributed by atoms with Crippen LogP contribution >= 0.6 is 23.4 Å². The first-order valence-electron chi connectivity index (χ1n) is 4.15. The van der Waals surface area contributed by atoms with E-state index in [1.165, 1.54) is 18.6 Å². The molecule has 3 heteroatoms. The lowest BCUT2D eigenvalue weighted by Crippen LogP contribution is -2.17. The Morgan fingerprint density at radius 1 is 1.36 bits per heavy atom. The van der Waals surface area contributed by atoms with Crippen LogP contribution in [0.3, 0.4) is 0 Å². The minimum atomic E-state index is 0.786. The van der Waals surface area contributed by atoms with Gasteiger partial charge in [-0.25, -0.2) is 0 Å². The highest BCUT2D eigenvalue weighted by Gasteiger charge is 2.12. The minimum absolute atomic E-state index is 0.786. The number of halogens is 1. The molecule has 0 amide bonds. The van der Waals surface area contributed by atoms with Crippen LogP contribution in [-0.4, -0.2) is 30.6 Å². The molecule has 1 nitrogen and oxygen atoms in total. The molecule has 0 saturated carbocycles. The van der Waals surface area contributed by atoms with Gasteiger partial charge in [0.2, 0.25) is 0 Å². The average molecular weight is 195 g/mol. The summed E-state index contributed by atoms with van der Waals surface area (Å²) in [6.07, 6.45) is 2.49. The van der Waals surface area contributed by atoms with Crippen LogP contribution < -0.4 is 0 Å². The van der Waals surface area contributed by atoms with Crippen molar-refractivity contribution in [3.8, 4) is 0 Å². The Hall–Kier alpha value is 0.600. The summed E-state index contributed by atoms with van der Waals surface area (Å²) in [6, 6.07) is 0. The lowest BCUT2D eigenvalue weighted by atomic mass is 10.0. The Balaban J connectivity index is 1.96. The summed E-state index contributed by atoms with van der Waals surface area (Å²) in [7, 11) is 0. The van der Waals surface area contributed by atoms with E-state index in [2.05, 4.69) is 0 Å². The average Bonchev–Trinajstić information content (AvgIpc) is 2.07. The van der Waals surface area contributed by atoms with E-state index in [1.807, 2.05) is 11.8 Å². The fourth-order valence-electron chi connectivity index (χ4n) is 1.22. The van der Waals surface area contributed by atoms with Crippen LogP contribution in [0.2, 0.25) is 0 Å². The molecule has 1 heterocycles. The summed E-state index contributed by atoms with van der Waals surface area (Å²) >= 11 is 7.55. The quantitative estimate of drug-likeness (QED) is 0.502. The molecule has 0 bridgehead atoms. The van der Waals surface area contributed by atoms with Gasteiger partial charge in [0.15, 0.2) is 0 Å². The maximum atomic E-state index is 5.57. The molecule has 1 saturated heterocycles. The zero-order valence-corrected chi connectivity index (χ0v) is 8.29. The summed E-state index contributed by atoms with van der Waals surface area (Å²) in [6.45, 7) is 1.93. The molecule has 0 spiro atoms. The third kappa shape index (κ3) is 4.24. The van der Waals surface area contributed by atoms with E-state index < -0.39 is 0 Å². The van der Waals surface area contributed by atoms with Gasteiger partial charge in [0, 0.05) is 24.8 Å². The molecular weight excluding hydrogens is 180 g/mol. The fraction of sp³-hybridized carbons (Fsp3) is 1.00. The van der Waals surface area contributed by atoms with Crippen LogP contribution in [0.4, 0.5) is 0 Å². The maximum absolute atomic E-state index is 5.57. The first-order chi connectivity index (χ1) is 5.43. The molecule has 0 aliphatic carbocycles. The van der Waals surface area contributed by atoms with Gasteiger partial charge in [-0.05, 0) is 24.5 Å². The zero-order chi connectivity index (χ0) is 7.94. The predicted octanol–water partition coefficient (Wildman–Crippen LogP) is 2.39. The summed E-state index contributed by atoms with van der Waals surface area (Å²) in [5.41, 5.74) is 0. The third-order valence-electron chi connectivity index (χ3n) is 1.92. The van der Waals surface area contributed by atoms with Crippen molar-refractivity contribution in [1.82, 2.24) is 0 Å². The Labute approximate surface area is 77.8 Å². The third-order valence-corrected chi connectivity index (χ3v) is 3.53. The van der Waals surface area contributed by atoms with E-state index in [0.717, 1.165) is 30.8 Å². The monoisotopic (exact) mass is 194 g/mol. The first-order valence-corrected chi connectivity index (χ1v) is 5.84. The zero-order valence-electron chi connectivity index (χ0n) is 6.72. The molecule has 1 aliphatic rings. The van der Waals surface area contributed by atoms with E-state index in [-0.39, 0.29) is 0 Å². The normalized spacial score (nSPS) is 20.5. The molecule has 0 unspecified atom stereocenters. The smallest absolute Gasteiger partial charge is 0.0468 e. The largest absolute Gasteiger partial charge is 0.381 e. The maximum Gasteiger partial charge on any atom is 0.0468 e. The fourth-order valence-corrected chi connectivity index (χ4v) is 2.49. The molecule has 0 atom stereocenters. The highest BCUT2D eigenvalue weighted by molar-refractivity contribution is 7.99. The van der Waals surface area contributed by atoms with Crippen molar-refractivity contribution in [1.29, 1.82) is 0 Å². The van der Waals surface area contributed by atoms with Crippen molar-refractivity contribution in [3.63, 3.8) is 0 Å². The first kappa shape index (κ1) is 9.69. The summed E-state index contributed by atoms with van der Waals surface area (Å²) in [4.78, 5) is 0. The predicted molar refractivity (Wildman–Crippen MR) is 51.6 cm³/mol. The lowest BCUT2D eigenvalue weighted by Gasteiger charge is -2.21. The van der Waals surface area contributed by atoms with Crippen molar-refractivity contribution in [2.45, 2.75) is 12.8 Å². The van der Waals surface area contributed by atoms with Crippen LogP contribution in [-0.2, 0) is 4.74 Å². The van der Waals surface area contributed by atoms with Gasteiger partial charge < -0.3 is 4.74 Å². The van der Waals surface area contributed by atoms with Gasteiger partial charge in [0.05, 0.1) is 0 Å². The number of hydrogen-bond donors (Lipinski definition) is 0. The van der Waals surface area contributed by atoms with E-state index >= 15 is 0 Å². The van der Waals surface area contributed by atoms with Crippen molar-refractivity contribution in [2.75, 3.05) is 30.6 Å². The van der Waals surface area contributed by atoms with Gasteiger partial charge in [-0.2, -0.15) is 11.8 Å². The Kier molecular flexibility index (Phi) is 5.42. The molecule has 0 aromatic carbocycles. The molecule has 1 aliphatic heterocycles. The number of alkyl halides is 1. The second-order valence-electron chi connectivity index (χ2n) is 2.82. The van der Waals surface area contributed by atoms with Crippen LogP contribution in [0.15, 0.2) is 0 Å². The number of rotatable bonds is 4. The van der Waals surface area contributed by atoms with Crippen LogP contribution in [0.1, 0.15) is 12.8 Å². The minimum Gasteiger partial charge on any atom is -0.381 e. The molecular formula is C8H15ClOS. The summed E-state index contributed by atoms with van der Waals surface area (Å²) in [5, 5.41) is 0. The Bertz CT molecular complexity index is 94.1. The van der Waals surface area contributed by atoms with Gasteiger partial charge in [-0.3, -0.25) is 0 Å². The van der Waals surface area contributed by atoms with Gasteiger partial charge in [-0.1, -0.05) is 0 Å². The van der Waals surface area contributed by atoms with Crippen LogP contribution in [0.5, 0.6) is 0 Å². The number of ether oxygens (including phenoxy) is 1. The standard InChI is InChI=1S/C8H15ClOS/c9-3-6-11-7-8-1-4-10-5-2-8/h8H,1-7H2. The lowest BCUT2D eigenvalue weighted by molar-refractivity contribution is 0.0728. The second-order valence-corrected chi connectivity index (χ2v) is 4.35. The SMILES string of the molecule is ClCCSCC1CCOCC1. The van der Waals surface area contributed by atoms with Crippen molar-refractivity contribution in [3.05, 3.63) is 0 Å². The Morgan fingerprint density at radius 2 is 2.09 bits per heavy atom. The van der Waals surface area contributed by atoms with E-state index in [4.69, 9.17) is 16.3 Å². The number of hydrogen-bond acceptors (Lipinski definition) is 2. The molecule has 66 valence electrons. The van der Waals surface area contributed by atoms with Crippen molar-refractivity contribution in [2.24, 2.45) is 5.92 Å².